The van der Waals surface area contributed by atoms with Gasteiger partial charge in [0.25, 0.3) is 0 Å². The van der Waals surface area contributed by atoms with Gasteiger partial charge in [-0.15, -0.1) is 0 Å². The number of nitrogens with one attached hydrogen (secondary N) is 1. The van der Waals surface area contributed by atoms with E-state index in [1.807, 2.05) is 0 Å². The van der Waals surface area contributed by atoms with Crippen molar-refractivity contribution in [1.82, 2.24) is 10.2 Å². The highest BCUT2D eigenvalue weighted by Crippen LogP contribution is 2.16. The zero-order chi connectivity index (χ0) is 13.8. The standard InChI is InChI=1S/C15H32N2O/c1-7-8-14(9-16-15(4,5)6)17-10-12(2)18-13(3)11-17/h12-14,16H,7-11H2,1-6H3. The van der Waals surface area contributed by atoms with E-state index < -0.39 is 0 Å². The van der Waals surface area contributed by atoms with Crippen LogP contribution in [0.15, 0.2) is 0 Å². The minimum Gasteiger partial charge on any atom is -0.373 e. The van der Waals surface area contributed by atoms with Gasteiger partial charge in [0.15, 0.2) is 0 Å². The summed E-state index contributed by atoms with van der Waals surface area (Å²) in [5.74, 6) is 0. The quantitative estimate of drug-likeness (QED) is 0.818. The molecule has 0 aliphatic carbocycles. The third-order valence-corrected chi connectivity index (χ3v) is 3.45. The molecule has 0 saturated carbocycles. The first-order valence-corrected chi connectivity index (χ1v) is 7.46. The van der Waals surface area contributed by atoms with Crippen LogP contribution in [-0.4, -0.2) is 48.3 Å². The second-order valence-electron chi connectivity index (χ2n) is 6.78. The molecule has 1 heterocycles. The summed E-state index contributed by atoms with van der Waals surface area (Å²) in [6, 6.07) is 0.642. The molecule has 1 N–H and O–H groups in total. The maximum atomic E-state index is 5.83. The van der Waals surface area contributed by atoms with Gasteiger partial charge < -0.3 is 10.1 Å². The van der Waals surface area contributed by atoms with Crippen molar-refractivity contribution in [3.63, 3.8) is 0 Å². The maximum absolute atomic E-state index is 5.83. The average molecular weight is 256 g/mol. The second-order valence-corrected chi connectivity index (χ2v) is 6.78. The van der Waals surface area contributed by atoms with Crippen molar-refractivity contribution < 1.29 is 4.74 Å². The van der Waals surface area contributed by atoms with Crippen LogP contribution in [0.2, 0.25) is 0 Å². The van der Waals surface area contributed by atoms with Gasteiger partial charge >= 0.3 is 0 Å². The molecule has 3 unspecified atom stereocenters. The van der Waals surface area contributed by atoms with Crippen molar-refractivity contribution >= 4 is 0 Å². The Balaban J connectivity index is 2.54. The zero-order valence-corrected chi connectivity index (χ0v) is 13.1. The Morgan fingerprint density at radius 3 is 2.22 bits per heavy atom. The molecule has 108 valence electrons. The highest BCUT2D eigenvalue weighted by Gasteiger charge is 2.28. The molecule has 1 saturated heterocycles. The number of hydrogen-bond acceptors (Lipinski definition) is 3. The van der Waals surface area contributed by atoms with E-state index in [9.17, 15) is 0 Å². The van der Waals surface area contributed by atoms with Crippen molar-refractivity contribution in [2.24, 2.45) is 0 Å². The molecule has 1 rings (SSSR count). The summed E-state index contributed by atoms with van der Waals surface area (Å²) < 4.78 is 5.83. The number of rotatable bonds is 5. The largest absolute Gasteiger partial charge is 0.373 e. The van der Waals surface area contributed by atoms with Crippen LogP contribution in [0.3, 0.4) is 0 Å². The van der Waals surface area contributed by atoms with Crippen molar-refractivity contribution in [3.8, 4) is 0 Å². The van der Waals surface area contributed by atoms with Gasteiger partial charge in [-0.05, 0) is 41.0 Å². The molecule has 18 heavy (non-hydrogen) atoms. The molecule has 3 heteroatoms. The van der Waals surface area contributed by atoms with E-state index >= 15 is 0 Å². The van der Waals surface area contributed by atoms with Crippen molar-refractivity contribution in [1.29, 1.82) is 0 Å². The van der Waals surface area contributed by atoms with E-state index in [0.29, 0.717) is 18.2 Å². The predicted molar refractivity (Wildman–Crippen MR) is 78.0 cm³/mol. The Hall–Kier alpha value is -0.120. The molecule has 0 aromatic rings. The minimum atomic E-state index is 0.204. The molecule has 0 spiro atoms. The van der Waals surface area contributed by atoms with E-state index in [2.05, 4.69) is 51.8 Å². The summed E-state index contributed by atoms with van der Waals surface area (Å²) in [7, 11) is 0. The van der Waals surface area contributed by atoms with Crippen LogP contribution in [0.1, 0.15) is 54.4 Å². The van der Waals surface area contributed by atoms with Gasteiger partial charge in [-0.1, -0.05) is 13.3 Å². The number of morpholine rings is 1. The van der Waals surface area contributed by atoms with E-state index in [1.54, 1.807) is 0 Å². The summed E-state index contributed by atoms with van der Waals surface area (Å²) >= 11 is 0. The van der Waals surface area contributed by atoms with Crippen LogP contribution in [0.5, 0.6) is 0 Å². The third-order valence-electron chi connectivity index (χ3n) is 3.45. The Morgan fingerprint density at radius 2 is 1.78 bits per heavy atom. The van der Waals surface area contributed by atoms with Gasteiger partial charge in [-0.2, -0.15) is 0 Å². The molecule has 3 nitrogen and oxygen atoms in total. The molecule has 0 radical (unpaired) electrons. The van der Waals surface area contributed by atoms with E-state index in [0.717, 1.165) is 19.6 Å². The topological polar surface area (TPSA) is 24.5 Å². The lowest BCUT2D eigenvalue weighted by Crippen LogP contribution is -2.54. The van der Waals surface area contributed by atoms with E-state index in [4.69, 9.17) is 4.74 Å². The Bertz CT molecular complexity index is 227. The average Bonchev–Trinajstić information content (AvgIpc) is 2.21. The van der Waals surface area contributed by atoms with Crippen molar-refractivity contribution in [2.75, 3.05) is 19.6 Å². The first-order chi connectivity index (χ1) is 8.31. The summed E-state index contributed by atoms with van der Waals surface area (Å²) in [5.41, 5.74) is 0.204. The molecular weight excluding hydrogens is 224 g/mol. The highest BCUT2D eigenvalue weighted by molar-refractivity contribution is 4.83. The Labute approximate surface area is 113 Å². The monoisotopic (exact) mass is 256 g/mol. The van der Waals surface area contributed by atoms with Crippen molar-refractivity contribution in [2.45, 2.75) is 78.2 Å². The summed E-state index contributed by atoms with van der Waals surface area (Å²) in [6.45, 7) is 16.6. The number of hydrogen-bond donors (Lipinski definition) is 1. The van der Waals surface area contributed by atoms with E-state index in [1.165, 1.54) is 12.8 Å². The van der Waals surface area contributed by atoms with Crippen LogP contribution in [0.4, 0.5) is 0 Å². The lowest BCUT2D eigenvalue weighted by Gasteiger charge is -2.41. The van der Waals surface area contributed by atoms with Crippen LogP contribution in [0.25, 0.3) is 0 Å². The fraction of sp³-hybridized carbons (Fsp3) is 1.00. The first kappa shape index (κ1) is 15.9. The van der Waals surface area contributed by atoms with Crippen LogP contribution in [0, 0.1) is 0 Å². The lowest BCUT2D eigenvalue weighted by molar-refractivity contribution is -0.0813. The van der Waals surface area contributed by atoms with Crippen molar-refractivity contribution in [3.05, 3.63) is 0 Å². The normalized spacial score (nSPS) is 28.3. The predicted octanol–water partition coefficient (Wildman–Crippen LogP) is 2.65. The smallest absolute Gasteiger partial charge is 0.0678 e. The summed E-state index contributed by atoms with van der Waals surface area (Å²) in [4.78, 5) is 2.61. The van der Waals surface area contributed by atoms with Gasteiger partial charge in [0, 0.05) is 31.2 Å². The van der Waals surface area contributed by atoms with Gasteiger partial charge in [0.2, 0.25) is 0 Å². The molecular formula is C15H32N2O. The zero-order valence-electron chi connectivity index (χ0n) is 13.1. The molecule has 0 bridgehead atoms. The third kappa shape index (κ3) is 5.68. The molecule has 3 atom stereocenters. The SMILES string of the molecule is CCCC(CNC(C)(C)C)N1CC(C)OC(C)C1. The van der Waals surface area contributed by atoms with Gasteiger partial charge in [-0.3, -0.25) is 4.90 Å². The van der Waals surface area contributed by atoms with Gasteiger partial charge in [0.05, 0.1) is 12.2 Å². The molecule has 0 aromatic carbocycles. The summed E-state index contributed by atoms with van der Waals surface area (Å²) in [5, 5.41) is 3.65. The molecule has 1 aliphatic rings. The number of ether oxygens (including phenoxy) is 1. The van der Waals surface area contributed by atoms with Gasteiger partial charge in [-0.25, -0.2) is 0 Å². The highest BCUT2D eigenvalue weighted by atomic mass is 16.5. The Morgan fingerprint density at radius 1 is 1.22 bits per heavy atom. The lowest BCUT2D eigenvalue weighted by atomic mass is 10.0. The fourth-order valence-corrected chi connectivity index (χ4v) is 2.69. The molecule has 0 amide bonds. The second kappa shape index (κ2) is 6.88. The Kier molecular flexibility index (Phi) is 6.09. The van der Waals surface area contributed by atoms with Crippen LogP contribution in [-0.2, 0) is 4.74 Å². The van der Waals surface area contributed by atoms with Crippen LogP contribution < -0.4 is 5.32 Å². The molecule has 1 aliphatic heterocycles. The minimum absolute atomic E-state index is 0.204. The first-order valence-electron chi connectivity index (χ1n) is 7.46. The van der Waals surface area contributed by atoms with Gasteiger partial charge in [0.1, 0.15) is 0 Å². The maximum Gasteiger partial charge on any atom is 0.0678 e. The summed E-state index contributed by atoms with van der Waals surface area (Å²) in [6.07, 6.45) is 3.24. The molecule has 1 fully saturated rings. The fourth-order valence-electron chi connectivity index (χ4n) is 2.69. The van der Waals surface area contributed by atoms with E-state index in [-0.39, 0.29) is 5.54 Å². The number of nitrogens with zero attached hydrogens (tertiary/aromatic N) is 1. The molecule has 0 aromatic heterocycles. The van der Waals surface area contributed by atoms with Crippen LogP contribution >= 0.6 is 0 Å².